The molecule has 0 saturated heterocycles. The third-order valence-corrected chi connectivity index (χ3v) is 5.22. The van der Waals surface area contributed by atoms with E-state index in [-0.39, 0.29) is 6.04 Å². The molecule has 2 N–H and O–H groups in total. The SMILES string of the molecule is CCCOc1ccccc1C(N)CC1CC2CCC1C2. The van der Waals surface area contributed by atoms with E-state index in [9.17, 15) is 0 Å². The minimum absolute atomic E-state index is 0.132. The monoisotopic (exact) mass is 273 g/mol. The molecule has 0 aromatic heterocycles. The Morgan fingerprint density at radius 1 is 1.25 bits per heavy atom. The average Bonchev–Trinajstić information content (AvgIpc) is 3.08. The number of nitrogens with two attached hydrogens (primary N) is 1. The summed E-state index contributed by atoms with van der Waals surface area (Å²) in [6.45, 7) is 2.91. The van der Waals surface area contributed by atoms with Gasteiger partial charge in [-0.3, -0.25) is 0 Å². The lowest BCUT2D eigenvalue weighted by molar-refractivity contribution is 0.285. The third-order valence-electron chi connectivity index (χ3n) is 5.22. The van der Waals surface area contributed by atoms with Crippen molar-refractivity contribution in [1.29, 1.82) is 0 Å². The van der Waals surface area contributed by atoms with E-state index >= 15 is 0 Å². The largest absolute Gasteiger partial charge is 0.493 e. The second kappa shape index (κ2) is 6.17. The van der Waals surface area contributed by atoms with Crippen molar-refractivity contribution in [3.8, 4) is 5.75 Å². The van der Waals surface area contributed by atoms with Crippen molar-refractivity contribution < 1.29 is 4.74 Å². The van der Waals surface area contributed by atoms with Crippen molar-refractivity contribution in [3.63, 3.8) is 0 Å². The van der Waals surface area contributed by atoms with Gasteiger partial charge in [-0.15, -0.1) is 0 Å². The van der Waals surface area contributed by atoms with Gasteiger partial charge in [0.25, 0.3) is 0 Å². The minimum atomic E-state index is 0.132. The highest BCUT2D eigenvalue weighted by molar-refractivity contribution is 5.35. The van der Waals surface area contributed by atoms with Gasteiger partial charge in [-0.05, 0) is 55.9 Å². The fraction of sp³-hybridized carbons (Fsp3) is 0.667. The summed E-state index contributed by atoms with van der Waals surface area (Å²) in [6.07, 6.45) is 7.95. The molecule has 2 saturated carbocycles. The van der Waals surface area contributed by atoms with Gasteiger partial charge in [0.15, 0.2) is 0 Å². The fourth-order valence-corrected chi connectivity index (χ4v) is 4.25. The lowest BCUT2D eigenvalue weighted by Crippen LogP contribution is -2.20. The van der Waals surface area contributed by atoms with Crippen LogP contribution < -0.4 is 10.5 Å². The Labute approximate surface area is 122 Å². The first-order valence-electron chi connectivity index (χ1n) is 8.25. The molecule has 110 valence electrons. The van der Waals surface area contributed by atoms with Crippen LogP contribution in [0, 0.1) is 17.8 Å². The molecule has 0 aliphatic heterocycles. The van der Waals surface area contributed by atoms with Gasteiger partial charge in [0.2, 0.25) is 0 Å². The standard InChI is InChI=1S/C18H27NO/c1-2-9-20-18-6-4-3-5-16(18)17(19)12-15-11-13-7-8-14(15)10-13/h3-6,13-15,17H,2,7-12,19H2,1H3. The molecule has 3 rings (SSSR count). The molecule has 2 aliphatic rings. The molecule has 1 aromatic carbocycles. The maximum absolute atomic E-state index is 6.50. The topological polar surface area (TPSA) is 35.2 Å². The number of hydrogen-bond acceptors (Lipinski definition) is 2. The summed E-state index contributed by atoms with van der Waals surface area (Å²) in [4.78, 5) is 0. The van der Waals surface area contributed by atoms with Gasteiger partial charge in [-0.25, -0.2) is 0 Å². The van der Waals surface area contributed by atoms with Crippen molar-refractivity contribution in [2.24, 2.45) is 23.5 Å². The average molecular weight is 273 g/mol. The molecule has 0 heterocycles. The molecule has 0 radical (unpaired) electrons. The summed E-state index contributed by atoms with van der Waals surface area (Å²) in [5.74, 6) is 3.80. The predicted molar refractivity (Wildman–Crippen MR) is 82.7 cm³/mol. The number of hydrogen-bond donors (Lipinski definition) is 1. The quantitative estimate of drug-likeness (QED) is 0.838. The first kappa shape index (κ1) is 13.9. The summed E-state index contributed by atoms with van der Waals surface area (Å²) in [5, 5.41) is 0. The minimum Gasteiger partial charge on any atom is -0.493 e. The van der Waals surface area contributed by atoms with Crippen LogP contribution in [-0.4, -0.2) is 6.61 Å². The van der Waals surface area contributed by atoms with Crippen LogP contribution in [-0.2, 0) is 0 Å². The van der Waals surface area contributed by atoms with E-state index in [1.807, 2.05) is 6.07 Å². The van der Waals surface area contributed by atoms with Crippen LogP contribution in [0.25, 0.3) is 0 Å². The van der Waals surface area contributed by atoms with Crippen LogP contribution in [0.5, 0.6) is 5.75 Å². The molecule has 2 nitrogen and oxygen atoms in total. The zero-order valence-corrected chi connectivity index (χ0v) is 12.6. The normalized spacial score (nSPS) is 29.6. The molecule has 4 unspecified atom stereocenters. The first-order valence-corrected chi connectivity index (χ1v) is 8.25. The van der Waals surface area contributed by atoms with Crippen LogP contribution in [0.3, 0.4) is 0 Å². The van der Waals surface area contributed by atoms with Gasteiger partial charge in [0.05, 0.1) is 6.61 Å². The maximum Gasteiger partial charge on any atom is 0.124 e. The van der Waals surface area contributed by atoms with Gasteiger partial charge in [-0.1, -0.05) is 31.5 Å². The van der Waals surface area contributed by atoms with Crippen molar-refractivity contribution in [2.45, 2.75) is 51.5 Å². The Kier molecular flexibility index (Phi) is 4.30. The molecule has 2 bridgehead atoms. The Balaban J connectivity index is 1.65. The van der Waals surface area contributed by atoms with Gasteiger partial charge in [0.1, 0.15) is 5.75 Å². The molecule has 4 atom stereocenters. The van der Waals surface area contributed by atoms with E-state index in [0.29, 0.717) is 0 Å². The molecular weight excluding hydrogens is 246 g/mol. The van der Waals surface area contributed by atoms with Crippen molar-refractivity contribution in [1.82, 2.24) is 0 Å². The van der Waals surface area contributed by atoms with Gasteiger partial charge in [0, 0.05) is 11.6 Å². The van der Waals surface area contributed by atoms with Crippen molar-refractivity contribution in [2.75, 3.05) is 6.61 Å². The molecule has 1 aromatic rings. The summed E-state index contributed by atoms with van der Waals surface area (Å²) < 4.78 is 5.85. The number of fused-ring (bicyclic) bond motifs is 2. The highest BCUT2D eigenvalue weighted by atomic mass is 16.5. The van der Waals surface area contributed by atoms with Crippen LogP contribution in [0.2, 0.25) is 0 Å². The number of rotatable bonds is 6. The first-order chi connectivity index (χ1) is 9.78. The second-order valence-corrected chi connectivity index (χ2v) is 6.66. The Hall–Kier alpha value is -1.02. The number of benzene rings is 1. The van der Waals surface area contributed by atoms with E-state index in [1.165, 1.54) is 31.2 Å². The van der Waals surface area contributed by atoms with Crippen LogP contribution in [0.1, 0.15) is 57.1 Å². The van der Waals surface area contributed by atoms with Crippen LogP contribution in [0.15, 0.2) is 24.3 Å². The van der Waals surface area contributed by atoms with Crippen molar-refractivity contribution >= 4 is 0 Å². The zero-order valence-electron chi connectivity index (χ0n) is 12.6. The van der Waals surface area contributed by atoms with E-state index in [0.717, 1.165) is 43.0 Å². The number of para-hydroxylation sites is 1. The molecule has 2 heteroatoms. The molecule has 20 heavy (non-hydrogen) atoms. The van der Waals surface area contributed by atoms with Gasteiger partial charge in [-0.2, -0.15) is 0 Å². The second-order valence-electron chi connectivity index (χ2n) is 6.66. The predicted octanol–water partition coefficient (Wildman–Crippen LogP) is 4.30. The van der Waals surface area contributed by atoms with E-state index in [1.54, 1.807) is 0 Å². The molecule has 2 fully saturated rings. The Bertz CT molecular complexity index is 445. The van der Waals surface area contributed by atoms with Crippen LogP contribution >= 0.6 is 0 Å². The van der Waals surface area contributed by atoms with E-state index < -0.39 is 0 Å². The molecular formula is C18H27NO. The zero-order chi connectivity index (χ0) is 13.9. The molecule has 0 amide bonds. The lowest BCUT2D eigenvalue weighted by Gasteiger charge is -2.25. The summed E-state index contributed by atoms with van der Waals surface area (Å²) in [7, 11) is 0. The van der Waals surface area contributed by atoms with Gasteiger partial charge < -0.3 is 10.5 Å². The molecule has 0 spiro atoms. The van der Waals surface area contributed by atoms with E-state index in [4.69, 9.17) is 10.5 Å². The third kappa shape index (κ3) is 2.85. The lowest BCUT2D eigenvalue weighted by atomic mass is 9.83. The van der Waals surface area contributed by atoms with E-state index in [2.05, 4.69) is 25.1 Å². The van der Waals surface area contributed by atoms with Gasteiger partial charge >= 0.3 is 0 Å². The smallest absolute Gasteiger partial charge is 0.124 e. The summed E-state index contributed by atoms with van der Waals surface area (Å²) in [5.41, 5.74) is 7.70. The Morgan fingerprint density at radius 3 is 2.80 bits per heavy atom. The summed E-state index contributed by atoms with van der Waals surface area (Å²) in [6, 6.07) is 8.45. The molecule has 2 aliphatic carbocycles. The fourth-order valence-electron chi connectivity index (χ4n) is 4.25. The summed E-state index contributed by atoms with van der Waals surface area (Å²) >= 11 is 0. The highest BCUT2D eigenvalue weighted by Crippen LogP contribution is 2.51. The Morgan fingerprint density at radius 2 is 2.10 bits per heavy atom. The number of ether oxygens (including phenoxy) is 1. The van der Waals surface area contributed by atoms with Crippen LogP contribution in [0.4, 0.5) is 0 Å². The maximum atomic E-state index is 6.50. The highest BCUT2D eigenvalue weighted by Gasteiger charge is 2.40. The van der Waals surface area contributed by atoms with Crippen molar-refractivity contribution in [3.05, 3.63) is 29.8 Å².